The number of amides is 2. The largest absolute Gasteiger partial charge is 0.341 e. The molecule has 2 aliphatic rings. The minimum Gasteiger partial charge on any atom is -0.341 e. The molecule has 2 aliphatic heterocycles. The number of hydrogen-bond donors (Lipinski definition) is 0. The quantitative estimate of drug-likeness (QED) is 0.746. The average molecular weight is 422 g/mol. The third-order valence-corrected chi connectivity index (χ3v) is 7.93. The number of anilines is 1. The van der Waals surface area contributed by atoms with Gasteiger partial charge in [0.25, 0.3) is 0 Å². The van der Waals surface area contributed by atoms with Gasteiger partial charge in [-0.25, -0.2) is 8.42 Å². The summed E-state index contributed by atoms with van der Waals surface area (Å²) >= 11 is 0. The number of fused-ring (bicyclic) bond motifs is 1. The Bertz CT molecular complexity index is 931. The lowest BCUT2D eigenvalue weighted by Crippen LogP contribution is -2.47. The van der Waals surface area contributed by atoms with Crippen LogP contribution in [-0.4, -0.2) is 63.2 Å². The van der Waals surface area contributed by atoms with E-state index in [-0.39, 0.29) is 23.3 Å². The van der Waals surface area contributed by atoms with Crippen LogP contribution in [0.5, 0.6) is 0 Å². The number of rotatable bonds is 4. The van der Waals surface area contributed by atoms with E-state index in [1.807, 2.05) is 0 Å². The molecule has 160 valence electrons. The summed E-state index contributed by atoms with van der Waals surface area (Å²) < 4.78 is 27.3. The Hall–Kier alpha value is -1.93. The van der Waals surface area contributed by atoms with Crippen LogP contribution < -0.4 is 4.90 Å². The number of piperidine rings is 1. The molecule has 1 aromatic carbocycles. The molecule has 0 unspecified atom stereocenters. The highest BCUT2D eigenvalue weighted by atomic mass is 32.2. The summed E-state index contributed by atoms with van der Waals surface area (Å²) in [5.74, 6) is 0.584. The number of sulfonamides is 1. The Morgan fingerprint density at radius 1 is 1.21 bits per heavy atom. The molecule has 1 fully saturated rings. The first-order valence-electron chi connectivity index (χ1n) is 10.0. The number of carbonyl (C=O) groups excluding carboxylic acids is 2. The van der Waals surface area contributed by atoms with E-state index in [0.29, 0.717) is 36.2 Å². The monoisotopic (exact) mass is 421 g/mol. The molecule has 2 heterocycles. The zero-order valence-electron chi connectivity index (χ0n) is 18.1. The Balaban J connectivity index is 1.82. The van der Waals surface area contributed by atoms with Crippen molar-refractivity contribution in [2.24, 2.45) is 11.8 Å². The van der Waals surface area contributed by atoms with E-state index in [1.54, 1.807) is 42.8 Å². The molecule has 1 saturated heterocycles. The molecule has 0 radical (unpaired) electrons. The standard InChI is InChI=1S/C21H31N3O4S/c1-14-9-15(2)12-24(11-14)19(25)13-22(5)29(27,28)16-7-8-18-17(10-16)21(3,4)20(26)23(18)6/h7-8,10,14-15H,9,11-13H2,1-6H3/t14-,15-/m1/s1. The number of nitrogens with zero attached hydrogens (tertiary/aromatic N) is 3. The molecule has 0 aliphatic carbocycles. The first-order chi connectivity index (χ1) is 13.4. The van der Waals surface area contributed by atoms with Crippen molar-refractivity contribution in [2.75, 3.05) is 38.6 Å². The summed E-state index contributed by atoms with van der Waals surface area (Å²) in [5, 5.41) is 0. The van der Waals surface area contributed by atoms with E-state index in [4.69, 9.17) is 0 Å². The molecular formula is C21H31N3O4S. The number of carbonyl (C=O) groups is 2. The summed E-state index contributed by atoms with van der Waals surface area (Å²) in [7, 11) is -0.730. The summed E-state index contributed by atoms with van der Waals surface area (Å²) in [5.41, 5.74) is 0.614. The molecule has 8 heteroatoms. The van der Waals surface area contributed by atoms with Crippen molar-refractivity contribution in [2.45, 2.75) is 44.4 Å². The SMILES string of the molecule is C[C@@H]1C[C@@H](C)CN(C(=O)CN(C)S(=O)(=O)c2ccc3c(c2)C(C)(C)C(=O)N3C)C1. The molecule has 0 spiro atoms. The normalized spacial score (nSPS) is 24.2. The van der Waals surface area contributed by atoms with E-state index < -0.39 is 15.4 Å². The molecule has 1 aromatic rings. The summed E-state index contributed by atoms with van der Waals surface area (Å²) in [6, 6.07) is 4.74. The van der Waals surface area contributed by atoms with E-state index in [0.717, 1.165) is 10.7 Å². The van der Waals surface area contributed by atoms with Gasteiger partial charge in [0.2, 0.25) is 21.8 Å². The maximum atomic E-state index is 13.1. The maximum absolute atomic E-state index is 13.1. The zero-order chi connectivity index (χ0) is 21.7. The van der Waals surface area contributed by atoms with Crippen LogP contribution in [0, 0.1) is 11.8 Å². The predicted octanol–water partition coefficient (Wildman–Crippen LogP) is 2.07. The second kappa shape index (κ2) is 7.40. The lowest BCUT2D eigenvalue weighted by atomic mass is 9.86. The zero-order valence-corrected chi connectivity index (χ0v) is 18.9. The van der Waals surface area contributed by atoms with Crippen LogP contribution in [0.4, 0.5) is 5.69 Å². The molecule has 2 amide bonds. The maximum Gasteiger partial charge on any atom is 0.243 e. The van der Waals surface area contributed by atoms with Crippen LogP contribution in [0.15, 0.2) is 23.1 Å². The highest BCUT2D eigenvalue weighted by molar-refractivity contribution is 7.89. The Kier molecular flexibility index (Phi) is 5.55. The number of hydrogen-bond acceptors (Lipinski definition) is 4. The highest BCUT2D eigenvalue weighted by Crippen LogP contribution is 2.41. The Labute approximate surface area is 173 Å². The van der Waals surface area contributed by atoms with Gasteiger partial charge in [-0.15, -0.1) is 0 Å². The van der Waals surface area contributed by atoms with Crippen LogP contribution >= 0.6 is 0 Å². The van der Waals surface area contributed by atoms with Crippen molar-refractivity contribution < 1.29 is 18.0 Å². The van der Waals surface area contributed by atoms with E-state index in [2.05, 4.69) is 13.8 Å². The van der Waals surface area contributed by atoms with Crippen molar-refractivity contribution in [1.82, 2.24) is 9.21 Å². The van der Waals surface area contributed by atoms with E-state index >= 15 is 0 Å². The second-order valence-corrected chi connectivity index (χ2v) is 11.2. The third kappa shape index (κ3) is 3.80. The first kappa shape index (κ1) is 21.8. The molecule has 0 saturated carbocycles. The fourth-order valence-electron chi connectivity index (χ4n) is 4.53. The van der Waals surface area contributed by atoms with E-state index in [9.17, 15) is 18.0 Å². The minimum absolute atomic E-state index is 0.0704. The van der Waals surface area contributed by atoms with E-state index in [1.165, 1.54) is 13.1 Å². The van der Waals surface area contributed by atoms with Gasteiger partial charge in [0.1, 0.15) is 0 Å². The van der Waals surface area contributed by atoms with Gasteiger partial charge in [0.05, 0.1) is 16.9 Å². The lowest BCUT2D eigenvalue weighted by molar-refractivity contribution is -0.133. The van der Waals surface area contributed by atoms with Crippen molar-refractivity contribution >= 4 is 27.5 Å². The van der Waals surface area contributed by atoms with Gasteiger partial charge in [-0.1, -0.05) is 13.8 Å². The molecule has 3 rings (SSSR count). The van der Waals surface area contributed by atoms with Gasteiger partial charge in [0.15, 0.2) is 0 Å². The fraction of sp³-hybridized carbons (Fsp3) is 0.619. The minimum atomic E-state index is -3.85. The van der Waals surface area contributed by atoms with Gasteiger partial charge >= 0.3 is 0 Å². The average Bonchev–Trinajstić information content (AvgIpc) is 2.81. The van der Waals surface area contributed by atoms with Gasteiger partial charge in [-0.2, -0.15) is 4.31 Å². The molecule has 29 heavy (non-hydrogen) atoms. The molecule has 0 N–H and O–H groups in total. The first-order valence-corrected chi connectivity index (χ1v) is 11.5. The Morgan fingerprint density at radius 2 is 1.79 bits per heavy atom. The fourth-order valence-corrected chi connectivity index (χ4v) is 5.68. The number of likely N-dealkylation sites (tertiary alicyclic amines) is 1. The van der Waals surface area contributed by atoms with Crippen LogP contribution in [-0.2, 0) is 25.0 Å². The van der Waals surface area contributed by atoms with Crippen LogP contribution in [0.2, 0.25) is 0 Å². The second-order valence-electron chi connectivity index (χ2n) is 9.17. The van der Waals surface area contributed by atoms with Crippen molar-refractivity contribution in [1.29, 1.82) is 0 Å². The van der Waals surface area contributed by atoms with Gasteiger partial charge < -0.3 is 9.80 Å². The van der Waals surface area contributed by atoms with Crippen LogP contribution in [0.25, 0.3) is 0 Å². The topological polar surface area (TPSA) is 78.0 Å². The van der Waals surface area contributed by atoms with Crippen LogP contribution in [0.1, 0.15) is 39.7 Å². The van der Waals surface area contributed by atoms with Gasteiger partial charge in [-0.05, 0) is 55.9 Å². The smallest absolute Gasteiger partial charge is 0.243 e. The predicted molar refractivity (Wildman–Crippen MR) is 112 cm³/mol. The number of likely N-dealkylation sites (N-methyl/N-ethyl adjacent to an activating group) is 2. The molecule has 0 bridgehead atoms. The molecular weight excluding hydrogens is 390 g/mol. The summed E-state index contributed by atoms with van der Waals surface area (Å²) in [4.78, 5) is 28.6. The summed E-state index contributed by atoms with van der Waals surface area (Å²) in [6.07, 6.45) is 1.08. The third-order valence-electron chi connectivity index (χ3n) is 6.13. The van der Waals surface area contributed by atoms with Gasteiger partial charge in [-0.3, -0.25) is 9.59 Å². The molecule has 2 atom stereocenters. The molecule has 0 aromatic heterocycles. The van der Waals surface area contributed by atoms with Crippen molar-refractivity contribution in [3.63, 3.8) is 0 Å². The highest BCUT2D eigenvalue weighted by Gasteiger charge is 2.43. The molecule has 7 nitrogen and oxygen atoms in total. The van der Waals surface area contributed by atoms with Gasteiger partial charge in [0, 0.05) is 32.9 Å². The van der Waals surface area contributed by atoms with Crippen molar-refractivity contribution in [3.8, 4) is 0 Å². The number of benzene rings is 1. The Morgan fingerprint density at radius 3 is 2.38 bits per heavy atom. The van der Waals surface area contributed by atoms with Crippen LogP contribution in [0.3, 0.4) is 0 Å². The van der Waals surface area contributed by atoms with Crippen molar-refractivity contribution in [3.05, 3.63) is 23.8 Å². The summed E-state index contributed by atoms with van der Waals surface area (Å²) in [6.45, 7) is 8.94. The lowest BCUT2D eigenvalue weighted by Gasteiger charge is -2.35.